The second kappa shape index (κ2) is 4.94. The molecule has 0 aromatic heterocycles. The summed E-state index contributed by atoms with van der Waals surface area (Å²) in [4.78, 5) is 12.7. The Hall–Kier alpha value is -1.35. The number of aryl methyl sites for hydroxylation is 2. The van der Waals surface area contributed by atoms with E-state index in [0.29, 0.717) is 6.54 Å². The fraction of sp³-hybridized carbons (Fsp3) is 0.417. The molecule has 0 atom stereocenters. The Morgan fingerprint density at radius 2 is 2.07 bits per heavy atom. The quantitative estimate of drug-likeness (QED) is 0.805. The minimum absolute atomic E-state index is 0.289. The summed E-state index contributed by atoms with van der Waals surface area (Å²) in [5.41, 5.74) is 8.87. The van der Waals surface area contributed by atoms with E-state index < -0.39 is 0 Å². The summed E-state index contributed by atoms with van der Waals surface area (Å²) in [7, 11) is 1.90. The van der Waals surface area contributed by atoms with Crippen LogP contribution in [0.4, 0.5) is 0 Å². The number of rotatable bonds is 4. The lowest BCUT2D eigenvalue weighted by Crippen LogP contribution is -2.30. The van der Waals surface area contributed by atoms with E-state index in [1.165, 1.54) is 16.7 Å². The molecule has 0 aliphatic carbocycles. The molecule has 1 rings (SSSR count). The highest BCUT2D eigenvalue weighted by atomic mass is 16.1. The molecule has 15 heavy (non-hydrogen) atoms. The second-order valence-corrected chi connectivity index (χ2v) is 4.07. The van der Waals surface area contributed by atoms with Crippen LogP contribution in [0.3, 0.4) is 0 Å². The number of nitrogens with zero attached hydrogens (tertiary/aromatic N) is 1. The second-order valence-electron chi connectivity index (χ2n) is 4.07. The van der Waals surface area contributed by atoms with Crippen molar-refractivity contribution >= 4 is 5.91 Å². The Balaban J connectivity index is 2.71. The molecule has 0 unspecified atom stereocenters. The monoisotopic (exact) mass is 206 g/mol. The zero-order valence-electron chi connectivity index (χ0n) is 9.58. The lowest BCUT2D eigenvalue weighted by molar-refractivity contribution is -0.118. The van der Waals surface area contributed by atoms with Gasteiger partial charge in [-0.05, 0) is 32.0 Å². The summed E-state index contributed by atoms with van der Waals surface area (Å²) in [6, 6.07) is 6.34. The Labute approximate surface area is 90.9 Å². The van der Waals surface area contributed by atoms with Gasteiger partial charge in [0.1, 0.15) is 0 Å². The molecule has 0 fully saturated rings. The van der Waals surface area contributed by atoms with Gasteiger partial charge in [-0.2, -0.15) is 0 Å². The van der Waals surface area contributed by atoms with Gasteiger partial charge in [0.25, 0.3) is 0 Å². The van der Waals surface area contributed by atoms with Crippen LogP contribution in [0, 0.1) is 13.8 Å². The summed E-state index contributed by atoms with van der Waals surface area (Å²) in [6.07, 6.45) is 0. The van der Waals surface area contributed by atoms with Crippen molar-refractivity contribution in [2.75, 3.05) is 13.6 Å². The van der Waals surface area contributed by atoms with Crippen molar-refractivity contribution in [3.63, 3.8) is 0 Å². The SMILES string of the molecule is Cc1ccc(C)c(CN(C)CC(N)=O)c1. The number of nitrogens with two attached hydrogens (primary N) is 1. The largest absolute Gasteiger partial charge is 0.369 e. The first-order valence-corrected chi connectivity index (χ1v) is 5.02. The predicted molar refractivity (Wildman–Crippen MR) is 61.4 cm³/mol. The van der Waals surface area contributed by atoms with Crippen LogP contribution in [0.2, 0.25) is 0 Å². The van der Waals surface area contributed by atoms with Crippen molar-refractivity contribution in [3.8, 4) is 0 Å². The maximum atomic E-state index is 10.7. The van der Waals surface area contributed by atoms with Gasteiger partial charge in [0.05, 0.1) is 6.54 Å². The lowest BCUT2D eigenvalue weighted by atomic mass is 10.1. The van der Waals surface area contributed by atoms with E-state index in [0.717, 1.165) is 6.54 Å². The van der Waals surface area contributed by atoms with Crippen LogP contribution in [-0.2, 0) is 11.3 Å². The van der Waals surface area contributed by atoms with Crippen molar-refractivity contribution in [3.05, 3.63) is 34.9 Å². The summed E-state index contributed by atoms with van der Waals surface area (Å²) >= 11 is 0. The van der Waals surface area contributed by atoms with Crippen molar-refractivity contribution in [2.24, 2.45) is 5.73 Å². The number of hydrogen-bond donors (Lipinski definition) is 1. The normalized spacial score (nSPS) is 10.7. The van der Waals surface area contributed by atoms with Crippen LogP contribution in [0.5, 0.6) is 0 Å². The molecule has 0 spiro atoms. The van der Waals surface area contributed by atoms with E-state index >= 15 is 0 Å². The van der Waals surface area contributed by atoms with E-state index in [1.807, 2.05) is 11.9 Å². The number of carbonyl (C=O) groups excluding carboxylic acids is 1. The number of likely N-dealkylation sites (N-methyl/N-ethyl adjacent to an activating group) is 1. The lowest BCUT2D eigenvalue weighted by Gasteiger charge is -2.16. The molecule has 0 aliphatic rings. The Morgan fingerprint density at radius 1 is 1.40 bits per heavy atom. The summed E-state index contributed by atoms with van der Waals surface area (Å²) in [5, 5.41) is 0. The van der Waals surface area contributed by atoms with Gasteiger partial charge in [-0.15, -0.1) is 0 Å². The Bertz CT molecular complexity index is 361. The average molecular weight is 206 g/mol. The molecule has 0 radical (unpaired) electrons. The molecule has 0 saturated heterocycles. The minimum Gasteiger partial charge on any atom is -0.369 e. The molecule has 0 bridgehead atoms. The van der Waals surface area contributed by atoms with Crippen molar-refractivity contribution in [1.82, 2.24) is 4.90 Å². The molecule has 1 aromatic carbocycles. The highest BCUT2D eigenvalue weighted by molar-refractivity contribution is 5.75. The topological polar surface area (TPSA) is 46.3 Å². The van der Waals surface area contributed by atoms with Crippen LogP contribution < -0.4 is 5.73 Å². The predicted octanol–water partition coefficient (Wildman–Crippen LogP) is 1.22. The van der Waals surface area contributed by atoms with E-state index in [2.05, 4.69) is 32.0 Å². The molecule has 0 aliphatic heterocycles. The van der Waals surface area contributed by atoms with Crippen molar-refractivity contribution in [2.45, 2.75) is 20.4 Å². The van der Waals surface area contributed by atoms with Crippen molar-refractivity contribution < 1.29 is 4.79 Å². The fourth-order valence-corrected chi connectivity index (χ4v) is 1.58. The Morgan fingerprint density at radius 3 is 2.67 bits per heavy atom. The minimum atomic E-state index is -0.289. The first-order valence-electron chi connectivity index (χ1n) is 5.02. The van der Waals surface area contributed by atoms with E-state index in [1.54, 1.807) is 0 Å². The maximum Gasteiger partial charge on any atom is 0.231 e. The summed E-state index contributed by atoms with van der Waals surface area (Å²) < 4.78 is 0. The Kier molecular flexibility index (Phi) is 3.86. The van der Waals surface area contributed by atoms with E-state index in [9.17, 15) is 4.79 Å². The third kappa shape index (κ3) is 3.72. The summed E-state index contributed by atoms with van der Waals surface area (Å²) in [6.45, 7) is 5.20. The number of amides is 1. The third-order valence-corrected chi connectivity index (χ3v) is 2.37. The van der Waals surface area contributed by atoms with Crippen LogP contribution >= 0.6 is 0 Å². The van der Waals surface area contributed by atoms with Gasteiger partial charge < -0.3 is 5.73 Å². The van der Waals surface area contributed by atoms with Gasteiger partial charge in [-0.3, -0.25) is 9.69 Å². The molecular formula is C12H18N2O. The average Bonchev–Trinajstić information content (AvgIpc) is 2.10. The molecule has 3 nitrogen and oxygen atoms in total. The summed E-state index contributed by atoms with van der Waals surface area (Å²) in [5.74, 6) is -0.289. The molecular weight excluding hydrogens is 188 g/mol. The van der Waals surface area contributed by atoms with Crippen LogP contribution in [0.15, 0.2) is 18.2 Å². The van der Waals surface area contributed by atoms with Gasteiger partial charge >= 0.3 is 0 Å². The molecule has 1 amide bonds. The highest BCUT2D eigenvalue weighted by Gasteiger charge is 2.05. The van der Waals surface area contributed by atoms with Crippen LogP contribution in [0.1, 0.15) is 16.7 Å². The van der Waals surface area contributed by atoms with Crippen molar-refractivity contribution in [1.29, 1.82) is 0 Å². The van der Waals surface area contributed by atoms with Gasteiger partial charge in [0.15, 0.2) is 0 Å². The smallest absolute Gasteiger partial charge is 0.231 e. The van der Waals surface area contributed by atoms with E-state index in [-0.39, 0.29) is 5.91 Å². The standard InChI is InChI=1S/C12H18N2O/c1-9-4-5-10(2)11(6-9)7-14(3)8-12(13)15/h4-6H,7-8H2,1-3H3,(H2,13,15). The first kappa shape index (κ1) is 11.7. The molecule has 0 saturated carbocycles. The molecule has 0 heterocycles. The number of primary amides is 1. The highest BCUT2D eigenvalue weighted by Crippen LogP contribution is 2.12. The number of hydrogen-bond acceptors (Lipinski definition) is 2. The molecule has 1 aromatic rings. The number of carbonyl (C=O) groups is 1. The fourth-order valence-electron chi connectivity index (χ4n) is 1.58. The third-order valence-electron chi connectivity index (χ3n) is 2.37. The maximum absolute atomic E-state index is 10.7. The van der Waals surface area contributed by atoms with Crippen LogP contribution in [-0.4, -0.2) is 24.4 Å². The van der Waals surface area contributed by atoms with E-state index in [4.69, 9.17) is 5.73 Å². The van der Waals surface area contributed by atoms with Gasteiger partial charge in [0, 0.05) is 6.54 Å². The van der Waals surface area contributed by atoms with Gasteiger partial charge in [0.2, 0.25) is 5.91 Å². The first-order chi connectivity index (χ1) is 6.99. The number of benzene rings is 1. The van der Waals surface area contributed by atoms with Gasteiger partial charge in [-0.1, -0.05) is 23.8 Å². The zero-order valence-corrected chi connectivity index (χ0v) is 9.58. The van der Waals surface area contributed by atoms with Crippen LogP contribution in [0.25, 0.3) is 0 Å². The molecule has 2 N–H and O–H groups in total. The zero-order chi connectivity index (χ0) is 11.4. The molecule has 82 valence electrons. The molecule has 3 heteroatoms. The van der Waals surface area contributed by atoms with Gasteiger partial charge in [-0.25, -0.2) is 0 Å².